The smallest absolute Gasteiger partial charge is 0.314 e. The van der Waals surface area contributed by atoms with Crippen molar-refractivity contribution in [1.29, 1.82) is 5.26 Å². The lowest BCUT2D eigenvalue weighted by molar-refractivity contribution is -0.133. The van der Waals surface area contributed by atoms with Crippen LogP contribution in [0.3, 0.4) is 0 Å². The first-order valence-corrected chi connectivity index (χ1v) is 6.77. The third kappa shape index (κ3) is 3.68. The summed E-state index contributed by atoms with van der Waals surface area (Å²) in [6.45, 7) is 0. The van der Waals surface area contributed by atoms with Crippen LogP contribution in [-0.4, -0.2) is 11.8 Å². The van der Waals surface area contributed by atoms with Gasteiger partial charge in [0.05, 0.1) is 16.9 Å². The molecular formula is C15H10BrN3O2. The first-order chi connectivity index (χ1) is 10.1. The van der Waals surface area contributed by atoms with Gasteiger partial charge in [-0.2, -0.15) is 5.26 Å². The summed E-state index contributed by atoms with van der Waals surface area (Å²) in [7, 11) is 0. The van der Waals surface area contributed by atoms with E-state index >= 15 is 0 Å². The van der Waals surface area contributed by atoms with Crippen LogP contribution in [0.2, 0.25) is 0 Å². The number of rotatable bonds is 2. The van der Waals surface area contributed by atoms with Gasteiger partial charge >= 0.3 is 11.8 Å². The monoisotopic (exact) mass is 343 g/mol. The molecular weight excluding hydrogens is 334 g/mol. The molecule has 0 aliphatic rings. The molecule has 0 aliphatic heterocycles. The van der Waals surface area contributed by atoms with Gasteiger partial charge < -0.3 is 10.6 Å². The average Bonchev–Trinajstić information content (AvgIpc) is 2.50. The van der Waals surface area contributed by atoms with E-state index in [0.717, 1.165) is 0 Å². The van der Waals surface area contributed by atoms with E-state index in [1.54, 1.807) is 48.5 Å². The number of hydrogen-bond donors (Lipinski definition) is 2. The number of hydrogen-bond acceptors (Lipinski definition) is 3. The maximum atomic E-state index is 11.8. The first-order valence-electron chi connectivity index (χ1n) is 5.98. The van der Waals surface area contributed by atoms with Crippen LogP contribution in [0.25, 0.3) is 0 Å². The maximum Gasteiger partial charge on any atom is 0.314 e. The number of para-hydroxylation sites is 2. The molecule has 0 aromatic heterocycles. The van der Waals surface area contributed by atoms with Crippen LogP contribution in [0.4, 0.5) is 11.4 Å². The Kier molecular flexibility index (Phi) is 4.69. The molecule has 0 heterocycles. The third-order valence-corrected chi connectivity index (χ3v) is 3.32. The minimum absolute atomic E-state index is 0.291. The molecule has 0 fully saturated rings. The Bertz CT molecular complexity index is 738. The number of anilines is 2. The van der Waals surface area contributed by atoms with Crippen molar-refractivity contribution in [2.45, 2.75) is 0 Å². The van der Waals surface area contributed by atoms with Crippen LogP contribution in [0.5, 0.6) is 0 Å². The molecule has 21 heavy (non-hydrogen) atoms. The number of carbonyl (C=O) groups excluding carboxylic acids is 2. The van der Waals surface area contributed by atoms with Crippen LogP contribution in [0.15, 0.2) is 53.0 Å². The fraction of sp³-hybridized carbons (Fsp3) is 0. The highest BCUT2D eigenvalue weighted by molar-refractivity contribution is 9.10. The lowest BCUT2D eigenvalue weighted by Crippen LogP contribution is -2.29. The van der Waals surface area contributed by atoms with E-state index in [1.807, 2.05) is 6.07 Å². The summed E-state index contributed by atoms with van der Waals surface area (Å²) in [6.07, 6.45) is 0. The quantitative estimate of drug-likeness (QED) is 0.822. The fourth-order valence-corrected chi connectivity index (χ4v) is 1.99. The van der Waals surface area contributed by atoms with Gasteiger partial charge in [0.2, 0.25) is 0 Å². The van der Waals surface area contributed by atoms with Crippen molar-refractivity contribution in [1.82, 2.24) is 0 Å². The van der Waals surface area contributed by atoms with Gasteiger partial charge in [0.15, 0.2) is 0 Å². The van der Waals surface area contributed by atoms with Gasteiger partial charge in [-0.3, -0.25) is 9.59 Å². The van der Waals surface area contributed by atoms with E-state index in [2.05, 4.69) is 26.6 Å². The van der Waals surface area contributed by atoms with Gasteiger partial charge in [-0.25, -0.2) is 0 Å². The largest absolute Gasteiger partial charge is 0.317 e. The molecule has 6 heteroatoms. The molecule has 0 radical (unpaired) electrons. The Morgan fingerprint density at radius 3 is 2.05 bits per heavy atom. The van der Waals surface area contributed by atoms with Crippen LogP contribution in [0, 0.1) is 11.3 Å². The molecule has 2 aromatic rings. The van der Waals surface area contributed by atoms with Gasteiger partial charge in [0.25, 0.3) is 0 Å². The van der Waals surface area contributed by atoms with Crippen molar-refractivity contribution in [2.75, 3.05) is 10.6 Å². The number of amides is 2. The zero-order valence-electron chi connectivity index (χ0n) is 10.8. The Labute approximate surface area is 129 Å². The van der Waals surface area contributed by atoms with Crippen molar-refractivity contribution in [3.63, 3.8) is 0 Å². The van der Waals surface area contributed by atoms with E-state index in [4.69, 9.17) is 5.26 Å². The van der Waals surface area contributed by atoms with Gasteiger partial charge in [-0.15, -0.1) is 0 Å². The molecule has 2 amide bonds. The van der Waals surface area contributed by atoms with E-state index in [-0.39, 0.29) is 0 Å². The predicted molar refractivity (Wildman–Crippen MR) is 82.6 cm³/mol. The molecule has 5 nitrogen and oxygen atoms in total. The molecule has 2 N–H and O–H groups in total. The molecule has 0 saturated carbocycles. The second-order valence-corrected chi connectivity index (χ2v) is 4.90. The summed E-state index contributed by atoms with van der Waals surface area (Å²) in [5.74, 6) is -1.65. The maximum absolute atomic E-state index is 11.8. The molecule has 2 aromatic carbocycles. The lowest BCUT2D eigenvalue weighted by Gasteiger charge is -2.08. The van der Waals surface area contributed by atoms with E-state index in [9.17, 15) is 9.59 Å². The number of nitrogens with one attached hydrogen (secondary N) is 2. The van der Waals surface area contributed by atoms with Gasteiger partial charge in [0.1, 0.15) is 6.07 Å². The van der Waals surface area contributed by atoms with Crippen LogP contribution in [-0.2, 0) is 9.59 Å². The van der Waals surface area contributed by atoms with Crippen molar-refractivity contribution < 1.29 is 9.59 Å². The highest BCUT2D eigenvalue weighted by atomic mass is 79.9. The normalized spacial score (nSPS) is 9.52. The molecule has 0 unspecified atom stereocenters. The number of nitriles is 1. The summed E-state index contributed by atoms with van der Waals surface area (Å²) in [4.78, 5) is 23.7. The second kappa shape index (κ2) is 6.68. The number of benzene rings is 2. The minimum atomic E-state index is -0.839. The summed E-state index contributed by atoms with van der Waals surface area (Å²) in [5.41, 5.74) is 1.08. The van der Waals surface area contributed by atoms with Crippen molar-refractivity contribution in [3.8, 4) is 6.07 Å². The fourth-order valence-electron chi connectivity index (χ4n) is 1.61. The van der Waals surface area contributed by atoms with Gasteiger partial charge in [0, 0.05) is 4.47 Å². The highest BCUT2D eigenvalue weighted by Crippen LogP contribution is 2.21. The predicted octanol–water partition coefficient (Wildman–Crippen LogP) is 2.90. The first kappa shape index (κ1) is 14.8. The molecule has 0 atom stereocenters. The summed E-state index contributed by atoms with van der Waals surface area (Å²) in [5, 5.41) is 13.8. The summed E-state index contributed by atoms with van der Waals surface area (Å²) in [6, 6.07) is 15.4. The third-order valence-electron chi connectivity index (χ3n) is 2.62. The average molecular weight is 344 g/mol. The topological polar surface area (TPSA) is 82.0 Å². The number of nitrogens with zero attached hydrogens (tertiary/aromatic N) is 1. The summed E-state index contributed by atoms with van der Waals surface area (Å²) < 4.78 is 0.670. The van der Waals surface area contributed by atoms with Crippen LogP contribution >= 0.6 is 15.9 Å². The Hall–Kier alpha value is -2.65. The SMILES string of the molecule is N#Cc1ccccc1NC(=O)C(=O)Nc1ccccc1Br. The highest BCUT2D eigenvalue weighted by Gasteiger charge is 2.16. The zero-order valence-corrected chi connectivity index (χ0v) is 12.3. The molecule has 0 spiro atoms. The Balaban J connectivity index is 2.09. The van der Waals surface area contributed by atoms with Crippen LogP contribution in [0.1, 0.15) is 5.56 Å². The number of carbonyl (C=O) groups is 2. The molecule has 0 saturated heterocycles. The standard InChI is InChI=1S/C15H10BrN3O2/c16-11-6-2-4-8-13(11)19-15(21)14(20)18-12-7-3-1-5-10(12)9-17/h1-8H,(H,18,20)(H,19,21). The Morgan fingerprint density at radius 2 is 1.43 bits per heavy atom. The van der Waals surface area contributed by atoms with Gasteiger partial charge in [-0.1, -0.05) is 24.3 Å². The van der Waals surface area contributed by atoms with Crippen molar-refractivity contribution >= 4 is 39.1 Å². The van der Waals surface area contributed by atoms with E-state index in [0.29, 0.717) is 21.4 Å². The molecule has 0 aliphatic carbocycles. The second-order valence-electron chi connectivity index (χ2n) is 4.05. The van der Waals surface area contributed by atoms with Crippen LogP contribution < -0.4 is 10.6 Å². The Morgan fingerprint density at radius 1 is 0.905 bits per heavy atom. The van der Waals surface area contributed by atoms with Gasteiger partial charge in [-0.05, 0) is 40.2 Å². The molecule has 2 rings (SSSR count). The van der Waals surface area contributed by atoms with Crippen molar-refractivity contribution in [2.24, 2.45) is 0 Å². The molecule has 104 valence electrons. The van der Waals surface area contributed by atoms with E-state index < -0.39 is 11.8 Å². The zero-order chi connectivity index (χ0) is 15.2. The lowest BCUT2D eigenvalue weighted by atomic mass is 10.2. The summed E-state index contributed by atoms with van der Waals surface area (Å²) >= 11 is 3.27. The van der Waals surface area contributed by atoms with Crippen molar-refractivity contribution in [3.05, 3.63) is 58.6 Å². The number of halogens is 1. The minimum Gasteiger partial charge on any atom is -0.317 e. The molecule has 0 bridgehead atoms. The van der Waals surface area contributed by atoms with E-state index in [1.165, 1.54) is 0 Å².